The first-order chi connectivity index (χ1) is 13.5. The van der Waals surface area contributed by atoms with Crippen LogP contribution in [0.2, 0.25) is 0 Å². The van der Waals surface area contributed by atoms with Crippen LogP contribution in [0, 0.1) is 0 Å². The van der Waals surface area contributed by atoms with Gasteiger partial charge in [-0.15, -0.1) is 0 Å². The quantitative estimate of drug-likeness (QED) is 0.460. The minimum atomic E-state index is -0.575. The third-order valence-corrected chi connectivity index (χ3v) is 4.64. The van der Waals surface area contributed by atoms with Gasteiger partial charge in [0.2, 0.25) is 0 Å². The number of carbonyl (C=O) groups excluding carboxylic acids is 2. The van der Waals surface area contributed by atoms with Crippen LogP contribution < -0.4 is 5.73 Å². The monoisotopic (exact) mass is 442 g/mol. The standard InChI is InChI=1S/C21H19BrN2O4/c1-3-27-20(25)17-13-10-8-12(15-6-5-7-16(22)24-15)9-11-14(13)18(19(17)23)21(26)28-4-2/h5-11H,3-4,23H2,1-2H3. The van der Waals surface area contributed by atoms with E-state index in [1.165, 1.54) is 0 Å². The Balaban J connectivity index is 2.24. The van der Waals surface area contributed by atoms with Gasteiger partial charge >= 0.3 is 11.9 Å². The molecule has 0 bridgehead atoms. The van der Waals surface area contributed by atoms with Crippen LogP contribution >= 0.6 is 15.9 Å². The topological polar surface area (TPSA) is 91.5 Å². The minimum absolute atomic E-state index is 0.0697. The number of pyridine rings is 1. The van der Waals surface area contributed by atoms with Crippen LogP contribution in [-0.2, 0) is 9.47 Å². The zero-order chi connectivity index (χ0) is 20.3. The lowest BCUT2D eigenvalue weighted by Gasteiger charge is -2.03. The molecule has 0 radical (unpaired) electrons. The molecule has 28 heavy (non-hydrogen) atoms. The number of esters is 2. The molecule has 1 aromatic heterocycles. The van der Waals surface area contributed by atoms with Crippen molar-refractivity contribution < 1.29 is 19.1 Å². The molecule has 144 valence electrons. The Bertz CT molecular complexity index is 964. The van der Waals surface area contributed by atoms with Crippen molar-refractivity contribution in [2.24, 2.45) is 0 Å². The summed E-state index contributed by atoms with van der Waals surface area (Å²) in [6.07, 6.45) is 0. The van der Waals surface area contributed by atoms with Gasteiger partial charge in [-0.25, -0.2) is 14.6 Å². The van der Waals surface area contributed by atoms with Crippen molar-refractivity contribution in [3.05, 3.63) is 58.2 Å². The van der Waals surface area contributed by atoms with E-state index in [0.717, 1.165) is 11.3 Å². The van der Waals surface area contributed by atoms with Gasteiger partial charge in [0.1, 0.15) is 4.60 Å². The van der Waals surface area contributed by atoms with Crippen LogP contribution in [0.25, 0.3) is 22.4 Å². The molecule has 7 heteroatoms. The summed E-state index contributed by atoms with van der Waals surface area (Å²) in [6, 6.07) is 12.7. The summed E-state index contributed by atoms with van der Waals surface area (Å²) in [5.41, 5.74) is 9.20. The summed E-state index contributed by atoms with van der Waals surface area (Å²) >= 11 is 3.36. The van der Waals surface area contributed by atoms with Crippen LogP contribution in [0.3, 0.4) is 0 Å². The highest BCUT2D eigenvalue weighted by atomic mass is 79.9. The highest BCUT2D eigenvalue weighted by Crippen LogP contribution is 2.40. The first-order valence-electron chi connectivity index (χ1n) is 8.80. The molecule has 0 saturated carbocycles. The van der Waals surface area contributed by atoms with Crippen molar-refractivity contribution in [2.45, 2.75) is 13.8 Å². The molecular weight excluding hydrogens is 424 g/mol. The molecule has 6 nitrogen and oxygen atoms in total. The lowest BCUT2D eigenvalue weighted by Crippen LogP contribution is -2.09. The highest BCUT2D eigenvalue weighted by Gasteiger charge is 2.30. The van der Waals surface area contributed by atoms with Crippen molar-refractivity contribution in [3.8, 4) is 22.4 Å². The summed E-state index contributed by atoms with van der Waals surface area (Å²) in [5.74, 6) is -1.15. The number of hydrogen-bond donors (Lipinski definition) is 1. The Morgan fingerprint density at radius 3 is 1.93 bits per heavy atom. The second-order valence-corrected chi connectivity index (χ2v) is 6.71. The SMILES string of the molecule is CCOC(=O)c1c2ccc(-c3cccc(Br)n3)ccc-2c(C(=O)OCC)c1N. The fourth-order valence-corrected chi connectivity index (χ4v) is 3.36. The second kappa shape index (κ2) is 8.39. The van der Waals surface area contributed by atoms with Gasteiger partial charge in [-0.2, -0.15) is 0 Å². The molecule has 0 amide bonds. The van der Waals surface area contributed by atoms with Gasteiger partial charge in [0.05, 0.1) is 35.7 Å². The molecule has 0 aliphatic heterocycles. The van der Waals surface area contributed by atoms with Gasteiger partial charge in [0, 0.05) is 5.56 Å². The molecule has 2 N–H and O–H groups in total. The van der Waals surface area contributed by atoms with Crippen LogP contribution in [0.15, 0.2) is 47.1 Å². The second-order valence-electron chi connectivity index (χ2n) is 5.90. The number of hydrogen-bond acceptors (Lipinski definition) is 6. The number of nitrogen functional groups attached to an aromatic ring is 1. The molecule has 0 spiro atoms. The third kappa shape index (κ3) is 3.71. The Morgan fingerprint density at radius 2 is 1.46 bits per heavy atom. The highest BCUT2D eigenvalue weighted by molar-refractivity contribution is 9.10. The largest absolute Gasteiger partial charge is 0.462 e. The zero-order valence-electron chi connectivity index (χ0n) is 15.5. The molecular formula is C21H19BrN2O4. The fraction of sp³-hybridized carbons (Fsp3) is 0.190. The Labute approximate surface area is 171 Å². The van der Waals surface area contributed by atoms with E-state index >= 15 is 0 Å². The van der Waals surface area contributed by atoms with E-state index in [0.29, 0.717) is 15.7 Å². The lowest BCUT2D eigenvalue weighted by atomic mass is 10.1. The summed E-state index contributed by atoms with van der Waals surface area (Å²) in [7, 11) is 0. The number of fused-ring (bicyclic) bond motifs is 1. The number of anilines is 1. The Morgan fingerprint density at radius 1 is 0.929 bits per heavy atom. The number of ether oxygens (including phenoxy) is 2. The van der Waals surface area contributed by atoms with Crippen molar-refractivity contribution in [1.29, 1.82) is 0 Å². The Hall–Kier alpha value is -2.93. The maximum absolute atomic E-state index is 12.5. The number of rotatable bonds is 5. The smallest absolute Gasteiger partial charge is 0.340 e. The van der Waals surface area contributed by atoms with Gasteiger partial charge in [-0.1, -0.05) is 30.3 Å². The molecule has 0 fully saturated rings. The van der Waals surface area contributed by atoms with Crippen molar-refractivity contribution in [2.75, 3.05) is 18.9 Å². The predicted molar refractivity (Wildman–Crippen MR) is 110 cm³/mol. The molecule has 1 heterocycles. The fourth-order valence-electron chi connectivity index (χ4n) is 3.02. The van der Waals surface area contributed by atoms with Crippen molar-refractivity contribution in [1.82, 2.24) is 4.98 Å². The summed E-state index contributed by atoms with van der Waals surface area (Å²) < 4.78 is 11.0. The van der Waals surface area contributed by atoms with E-state index in [-0.39, 0.29) is 30.0 Å². The maximum Gasteiger partial charge on any atom is 0.340 e. The first kappa shape index (κ1) is 19.8. The number of carbonyl (C=O) groups is 2. The maximum atomic E-state index is 12.5. The summed E-state index contributed by atoms with van der Waals surface area (Å²) in [5, 5.41) is 0. The van der Waals surface area contributed by atoms with Crippen LogP contribution in [0.1, 0.15) is 34.6 Å². The lowest BCUT2D eigenvalue weighted by molar-refractivity contribution is 0.0525. The molecule has 0 saturated heterocycles. The zero-order valence-corrected chi connectivity index (χ0v) is 17.1. The van der Waals surface area contributed by atoms with E-state index in [9.17, 15) is 9.59 Å². The van der Waals surface area contributed by atoms with Gasteiger partial charge in [0.25, 0.3) is 0 Å². The van der Waals surface area contributed by atoms with E-state index in [1.54, 1.807) is 26.0 Å². The minimum Gasteiger partial charge on any atom is -0.462 e. The van der Waals surface area contributed by atoms with E-state index < -0.39 is 11.9 Å². The van der Waals surface area contributed by atoms with E-state index in [2.05, 4.69) is 20.9 Å². The summed E-state index contributed by atoms with van der Waals surface area (Å²) in [6.45, 7) is 3.82. The summed E-state index contributed by atoms with van der Waals surface area (Å²) in [4.78, 5) is 29.5. The average molecular weight is 443 g/mol. The molecule has 0 atom stereocenters. The molecule has 2 aliphatic carbocycles. The normalized spacial score (nSPS) is 10.7. The molecule has 0 unspecified atom stereocenters. The third-order valence-electron chi connectivity index (χ3n) is 4.20. The van der Waals surface area contributed by atoms with E-state index in [1.807, 2.05) is 30.3 Å². The van der Waals surface area contributed by atoms with Crippen LogP contribution in [0.4, 0.5) is 5.69 Å². The average Bonchev–Trinajstić information content (AvgIpc) is 2.78. The number of halogens is 1. The molecule has 0 aromatic carbocycles. The van der Waals surface area contributed by atoms with Crippen LogP contribution in [0.5, 0.6) is 0 Å². The van der Waals surface area contributed by atoms with Gasteiger partial charge in [-0.05, 0) is 53.0 Å². The van der Waals surface area contributed by atoms with Crippen molar-refractivity contribution >= 4 is 33.6 Å². The Kier molecular flexibility index (Phi) is 5.94. The number of aromatic nitrogens is 1. The first-order valence-corrected chi connectivity index (χ1v) is 9.59. The predicted octanol–water partition coefficient (Wildman–Crippen LogP) is 4.55. The number of nitrogens with two attached hydrogens (primary N) is 1. The van der Waals surface area contributed by atoms with Crippen molar-refractivity contribution in [3.63, 3.8) is 0 Å². The van der Waals surface area contributed by atoms with Gasteiger partial charge in [-0.3, -0.25) is 0 Å². The van der Waals surface area contributed by atoms with Crippen LogP contribution in [-0.4, -0.2) is 30.1 Å². The van der Waals surface area contributed by atoms with E-state index in [4.69, 9.17) is 15.2 Å². The van der Waals surface area contributed by atoms with Gasteiger partial charge < -0.3 is 15.2 Å². The molecule has 2 aliphatic rings. The molecule has 3 rings (SSSR count). The molecule has 1 aromatic rings. The van der Waals surface area contributed by atoms with Gasteiger partial charge in [0.15, 0.2) is 0 Å². The number of nitrogens with zero attached hydrogens (tertiary/aromatic N) is 1.